The SMILES string of the molecule is O=C(CN1C(=O)CSc2ccccc21)N1CC[NH+](Cc2ccccc2)CC1. The fourth-order valence-corrected chi connectivity index (χ4v) is 4.63. The molecule has 2 heterocycles. The van der Waals surface area contributed by atoms with E-state index in [9.17, 15) is 9.59 Å². The maximum absolute atomic E-state index is 12.8. The molecule has 5 nitrogen and oxygen atoms in total. The van der Waals surface area contributed by atoms with Crippen molar-refractivity contribution < 1.29 is 14.5 Å². The number of carbonyl (C=O) groups is 2. The second-order valence-corrected chi connectivity index (χ2v) is 8.05. The molecule has 0 unspecified atom stereocenters. The lowest BCUT2D eigenvalue weighted by Gasteiger charge is -2.34. The maximum atomic E-state index is 12.8. The van der Waals surface area contributed by atoms with Crippen molar-refractivity contribution in [3.05, 3.63) is 60.2 Å². The number of benzene rings is 2. The molecule has 2 aliphatic rings. The largest absolute Gasteiger partial charge is 0.330 e. The fourth-order valence-electron chi connectivity index (χ4n) is 3.70. The molecule has 6 heteroatoms. The molecular weight excluding hydrogens is 358 g/mol. The Morgan fingerprint density at radius 1 is 1.00 bits per heavy atom. The molecule has 0 atom stereocenters. The minimum atomic E-state index is 0.0142. The molecule has 0 spiro atoms. The van der Waals surface area contributed by atoms with E-state index in [0.717, 1.165) is 43.3 Å². The second-order valence-electron chi connectivity index (χ2n) is 7.03. The van der Waals surface area contributed by atoms with E-state index in [1.54, 1.807) is 16.7 Å². The highest BCUT2D eigenvalue weighted by atomic mass is 32.2. The number of nitrogens with one attached hydrogen (secondary N) is 1. The number of thioether (sulfide) groups is 1. The number of rotatable bonds is 4. The number of fused-ring (bicyclic) bond motifs is 1. The molecule has 0 radical (unpaired) electrons. The van der Waals surface area contributed by atoms with Gasteiger partial charge in [-0.15, -0.1) is 11.8 Å². The van der Waals surface area contributed by atoms with E-state index in [4.69, 9.17) is 0 Å². The quantitative estimate of drug-likeness (QED) is 0.860. The van der Waals surface area contributed by atoms with Crippen LogP contribution < -0.4 is 9.80 Å². The standard InChI is InChI=1S/C21H23N3O2S/c25-20(15-24-18-8-4-5-9-19(18)27-16-21(24)26)23-12-10-22(11-13-23)14-17-6-2-1-3-7-17/h1-9H,10-16H2/p+1. The average Bonchev–Trinajstić information content (AvgIpc) is 2.71. The Morgan fingerprint density at radius 2 is 1.70 bits per heavy atom. The molecule has 1 fully saturated rings. The van der Waals surface area contributed by atoms with E-state index >= 15 is 0 Å². The van der Waals surface area contributed by atoms with Crippen molar-refractivity contribution in [1.82, 2.24) is 4.90 Å². The number of anilines is 1. The van der Waals surface area contributed by atoms with Gasteiger partial charge in [0, 0.05) is 10.5 Å². The van der Waals surface area contributed by atoms with Gasteiger partial charge in [0.1, 0.15) is 13.1 Å². The summed E-state index contributed by atoms with van der Waals surface area (Å²) in [7, 11) is 0. The van der Waals surface area contributed by atoms with Gasteiger partial charge in [0.15, 0.2) is 0 Å². The number of amides is 2. The van der Waals surface area contributed by atoms with Crippen molar-refractivity contribution >= 4 is 29.3 Å². The van der Waals surface area contributed by atoms with Crippen LogP contribution in [0.3, 0.4) is 0 Å². The molecule has 0 aliphatic carbocycles. The van der Waals surface area contributed by atoms with Crippen LogP contribution in [0.1, 0.15) is 5.56 Å². The van der Waals surface area contributed by atoms with E-state index in [1.807, 2.05) is 35.2 Å². The lowest BCUT2D eigenvalue weighted by molar-refractivity contribution is -0.917. The zero-order valence-corrected chi connectivity index (χ0v) is 16.1. The number of para-hydroxylation sites is 1. The minimum Gasteiger partial charge on any atom is -0.330 e. The van der Waals surface area contributed by atoms with Crippen LogP contribution in [-0.2, 0) is 16.1 Å². The molecule has 1 saturated heterocycles. The Bertz CT molecular complexity index is 819. The summed E-state index contributed by atoms with van der Waals surface area (Å²) < 4.78 is 0. The van der Waals surface area contributed by atoms with Gasteiger partial charge in [-0.1, -0.05) is 42.5 Å². The van der Waals surface area contributed by atoms with Crippen molar-refractivity contribution in [2.24, 2.45) is 0 Å². The van der Waals surface area contributed by atoms with Crippen LogP contribution in [0.2, 0.25) is 0 Å². The summed E-state index contributed by atoms with van der Waals surface area (Å²) in [5.41, 5.74) is 2.20. The third-order valence-corrected chi connectivity index (χ3v) is 6.27. The minimum absolute atomic E-state index is 0.0142. The molecular formula is C21H24N3O2S+. The highest BCUT2D eigenvalue weighted by Gasteiger charge is 2.30. The van der Waals surface area contributed by atoms with Crippen LogP contribution in [0.15, 0.2) is 59.5 Å². The number of nitrogens with zero attached hydrogens (tertiary/aromatic N) is 2. The van der Waals surface area contributed by atoms with Crippen molar-refractivity contribution in [3.8, 4) is 0 Å². The van der Waals surface area contributed by atoms with Crippen molar-refractivity contribution in [1.29, 1.82) is 0 Å². The molecule has 140 valence electrons. The Kier molecular flexibility index (Phi) is 5.45. The molecule has 4 rings (SSSR count). The molecule has 0 bridgehead atoms. The van der Waals surface area contributed by atoms with E-state index in [2.05, 4.69) is 24.3 Å². The lowest BCUT2D eigenvalue weighted by atomic mass is 10.2. The Labute approximate surface area is 163 Å². The van der Waals surface area contributed by atoms with Gasteiger partial charge in [-0.2, -0.15) is 0 Å². The van der Waals surface area contributed by atoms with Crippen molar-refractivity contribution in [3.63, 3.8) is 0 Å². The Hall–Kier alpha value is -2.31. The first-order valence-electron chi connectivity index (χ1n) is 9.38. The monoisotopic (exact) mass is 382 g/mol. The van der Waals surface area contributed by atoms with E-state index in [0.29, 0.717) is 5.75 Å². The van der Waals surface area contributed by atoms with E-state index in [1.165, 1.54) is 10.5 Å². The van der Waals surface area contributed by atoms with Crippen LogP contribution in [0.4, 0.5) is 5.69 Å². The molecule has 2 aromatic carbocycles. The third-order valence-electron chi connectivity index (χ3n) is 5.22. The first-order chi connectivity index (χ1) is 13.2. The van der Waals surface area contributed by atoms with Crippen LogP contribution in [0.5, 0.6) is 0 Å². The molecule has 27 heavy (non-hydrogen) atoms. The highest BCUT2D eigenvalue weighted by Crippen LogP contribution is 2.34. The van der Waals surface area contributed by atoms with Gasteiger partial charge in [0.05, 0.1) is 37.6 Å². The lowest BCUT2D eigenvalue weighted by Crippen LogP contribution is -3.13. The summed E-state index contributed by atoms with van der Waals surface area (Å²) in [6.45, 7) is 4.53. The molecule has 2 aliphatic heterocycles. The highest BCUT2D eigenvalue weighted by molar-refractivity contribution is 8.00. The van der Waals surface area contributed by atoms with Crippen molar-refractivity contribution in [2.45, 2.75) is 11.4 Å². The number of carbonyl (C=O) groups excluding carboxylic acids is 2. The van der Waals surface area contributed by atoms with Gasteiger partial charge in [0.2, 0.25) is 11.8 Å². The molecule has 2 amide bonds. The van der Waals surface area contributed by atoms with Crippen LogP contribution >= 0.6 is 11.8 Å². The molecule has 2 aromatic rings. The topological polar surface area (TPSA) is 45.1 Å². The molecule has 0 saturated carbocycles. The summed E-state index contributed by atoms with van der Waals surface area (Å²) in [6.07, 6.45) is 0. The van der Waals surface area contributed by atoms with Gasteiger partial charge >= 0.3 is 0 Å². The smallest absolute Gasteiger partial charge is 0.243 e. The maximum Gasteiger partial charge on any atom is 0.243 e. The van der Waals surface area contributed by atoms with Crippen LogP contribution in [-0.4, -0.2) is 55.2 Å². The van der Waals surface area contributed by atoms with E-state index in [-0.39, 0.29) is 18.4 Å². The third kappa shape index (κ3) is 4.17. The Balaban J connectivity index is 1.34. The number of hydrogen-bond acceptors (Lipinski definition) is 3. The molecule has 1 N–H and O–H groups in total. The zero-order chi connectivity index (χ0) is 18.6. The van der Waals surface area contributed by atoms with Gasteiger partial charge in [-0.25, -0.2) is 0 Å². The first kappa shape index (κ1) is 18.1. The summed E-state index contributed by atoms with van der Waals surface area (Å²) in [5.74, 6) is 0.462. The summed E-state index contributed by atoms with van der Waals surface area (Å²) in [6, 6.07) is 18.3. The summed E-state index contributed by atoms with van der Waals surface area (Å²) >= 11 is 1.54. The molecule has 0 aromatic heterocycles. The van der Waals surface area contributed by atoms with E-state index < -0.39 is 0 Å². The first-order valence-corrected chi connectivity index (χ1v) is 10.4. The zero-order valence-electron chi connectivity index (χ0n) is 15.3. The number of piperazine rings is 1. The second kappa shape index (κ2) is 8.15. The summed E-state index contributed by atoms with van der Waals surface area (Å²) in [5, 5.41) is 0. The number of quaternary nitrogens is 1. The fraction of sp³-hybridized carbons (Fsp3) is 0.333. The van der Waals surface area contributed by atoms with Gasteiger partial charge in [-0.05, 0) is 12.1 Å². The average molecular weight is 383 g/mol. The Morgan fingerprint density at radius 3 is 2.48 bits per heavy atom. The van der Waals surface area contributed by atoms with Gasteiger partial charge < -0.3 is 14.7 Å². The number of hydrogen-bond donors (Lipinski definition) is 1. The van der Waals surface area contributed by atoms with Crippen molar-refractivity contribution in [2.75, 3.05) is 43.4 Å². The van der Waals surface area contributed by atoms with Crippen LogP contribution in [0, 0.1) is 0 Å². The van der Waals surface area contributed by atoms with Gasteiger partial charge in [0.25, 0.3) is 0 Å². The van der Waals surface area contributed by atoms with Gasteiger partial charge in [-0.3, -0.25) is 9.59 Å². The summed E-state index contributed by atoms with van der Waals surface area (Å²) in [4.78, 5) is 31.3. The normalized spacial score (nSPS) is 17.7. The van der Waals surface area contributed by atoms with Crippen LogP contribution in [0.25, 0.3) is 0 Å². The predicted octanol–water partition coefficient (Wildman–Crippen LogP) is 1.05. The predicted molar refractivity (Wildman–Crippen MR) is 107 cm³/mol.